The fourth-order valence-corrected chi connectivity index (χ4v) is 3.49. The Balaban J connectivity index is 1.75. The van der Waals surface area contributed by atoms with Crippen molar-refractivity contribution in [3.8, 4) is 0 Å². The SMILES string of the molecule is CC1CCCCCC1NCC1CCCCN1C. The Bertz CT molecular complexity index is 217. The zero-order chi connectivity index (χ0) is 12.1. The standard InChI is InChI=1S/C15H30N2/c1-13-8-4-3-5-10-15(13)16-12-14-9-6-7-11-17(14)2/h13-16H,3-12H2,1-2H3. The molecule has 0 spiro atoms. The van der Waals surface area contributed by atoms with Crippen LogP contribution in [-0.2, 0) is 0 Å². The molecule has 1 heterocycles. The van der Waals surface area contributed by atoms with Crippen LogP contribution in [0.3, 0.4) is 0 Å². The fourth-order valence-electron chi connectivity index (χ4n) is 3.49. The molecule has 0 aromatic heterocycles. The van der Waals surface area contributed by atoms with Crippen molar-refractivity contribution in [1.29, 1.82) is 0 Å². The molecular formula is C15H30N2. The molecule has 1 aliphatic carbocycles. The number of hydrogen-bond donors (Lipinski definition) is 1. The van der Waals surface area contributed by atoms with E-state index in [1.54, 1.807) is 0 Å². The van der Waals surface area contributed by atoms with Gasteiger partial charge in [-0.1, -0.05) is 32.6 Å². The van der Waals surface area contributed by atoms with Crippen LogP contribution in [0.5, 0.6) is 0 Å². The van der Waals surface area contributed by atoms with Gasteiger partial charge in [0.15, 0.2) is 0 Å². The smallest absolute Gasteiger partial charge is 0.0217 e. The summed E-state index contributed by atoms with van der Waals surface area (Å²) in [6.45, 7) is 4.95. The number of likely N-dealkylation sites (N-methyl/N-ethyl adjacent to an activating group) is 1. The molecule has 1 saturated carbocycles. The molecule has 0 aromatic carbocycles. The molecule has 2 rings (SSSR count). The van der Waals surface area contributed by atoms with E-state index in [1.807, 2.05) is 0 Å². The van der Waals surface area contributed by atoms with Gasteiger partial charge in [-0.05, 0) is 45.2 Å². The highest BCUT2D eigenvalue weighted by Gasteiger charge is 2.23. The normalized spacial score (nSPS) is 36.7. The van der Waals surface area contributed by atoms with Crippen LogP contribution in [0.1, 0.15) is 58.3 Å². The van der Waals surface area contributed by atoms with Crippen LogP contribution in [-0.4, -0.2) is 37.1 Å². The number of nitrogens with zero attached hydrogens (tertiary/aromatic N) is 1. The van der Waals surface area contributed by atoms with Crippen LogP contribution in [0.2, 0.25) is 0 Å². The third-order valence-corrected chi connectivity index (χ3v) is 4.90. The zero-order valence-corrected chi connectivity index (χ0v) is 11.8. The molecule has 0 amide bonds. The van der Waals surface area contributed by atoms with Gasteiger partial charge in [0.05, 0.1) is 0 Å². The van der Waals surface area contributed by atoms with Gasteiger partial charge in [-0.25, -0.2) is 0 Å². The molecule has 1 aliphatic heterocycles. The monoisotopic (exact) mass is 238 g/mol. The van der Waals surface area contributed by atoms with Crippen LogP contribution in [0.25, 0.3) is 0 Å². The molecule has 2 heteroatoms. The second kappa shape index (κ2) is 6.75. The Morgan fingerprint density at radius 2 is 1.76 bits per heavy atom. The Morgan fingerprint density at radius 1 is 1.00 bits per heavy atom. The summed E-state index contributed by atoms with van der Waals surface area (Å²) in [5.74, 6) is 0.881. The molecule has 2 aliphatic rings. The van der Waals surface area contributed by atoms with Gasteiger partial charge in [0, 0.05) is 18.6 Å². The number of piperidine rings is 1. The van der Waals surface area contributed by atoms with Crippen molar-refractivity contribution in [1.82, 2.24) is 10.2 Å². The lowest BCUT2D eigenvalue weighted by molar-refractivity contribution is 0.172. The highest BCUT2D eigenvalue weighted by atomic mass is 15.2. The van der Waals surface area contributed by atoms with E-state index in [9.17, 15) is 0 Å². The van der Waals surface area contributed by atoms with E-state index in [1.165, 1.54) is 64.5 Å². The van der Waals surface area contributed by atoms with E-state index in [2.05, 4.69) is 24.2 Å². The molecule has 17 heavy (non-hydrogen) atoms. The minimum absolute atomic E-state index is 0.785. The Kier molecular flexibility index (Phi) is 5.30. The van der Waals surface area contributed by atoms with Crippen LogP contribution in [0.15, 0.2) is 0 Å². The van der Waals surface area contributed by atoms with Gasteiger partial charge in [-0.15, -0.1) is 0 Å². The second-order valence-electron chi connectivity index (χ2n) is 6.26. The van der Waals surface area contributed by atoms with Gasteiger partial charge in [0.1, 0.15) is 0 Å². The summed E-state index contributed by atoms with van der Waals surface area (Å²) >= 11 is 0. The molecule has 0 aromatic rings. The maximum absolute atomic E-state index is 3.87. The largest absolute Gasteiger partial charge is 0.312 e. The predicted molar refractivity (Wildman–Crippen MR) is 74.3 cm³/mol. The summed E-state index contributed by atoms with van der Waals surface area (Å²) in [5, 5.41) is 3.87. The van der Waals surface area contributed by atoms with E-state index >= 15 is 0 Å². The van der Waals surface area contributed by atoms with Crippen molar-refractivity contribution in [2.45, 2.75) is 70.4 Å². The third kappa shape index (κ3) is 3.96. The first-order chi connectivity index (χ1) is 8.27. The zero-order valence-electron chi connectivity index (χ0n) is 11.8. The summed E-state index contributed by atoms with van der Waals surface area (Å²) in [6.07, 6.45) is 11.4. The average molecular weight is 238 g/mol. The quantitative estimate of drug-likeness (QED) is 0.760. The van der Waals surface area contributed by atoms with Gasteiger partial charge >= 0.3 is 0 Å². The molecular weight excluding hydrogens is 208 g/mol. The van der Waals surface area contributed by atoms with E-state index in [4.69, 9.17) is 0 Å². The van der Waals surface area contributed by atoms with Gasteiger partial charge in [-0.3, -0.25) is 0 Å². The topological polar surface area (TPSA) is 15.3 Å². The van der Waals surface area contributed by atoms with Crippen molar-refractivity contribution in [2.75, 3.05) is 20.1 Å². The molecule has 3 atom stereocenters. The first-order valence-electron chi connectivity index (χ1n) is 7.71. The van der Waals surface area contributed by atoms with Crippen molar-refractivity contribution in [3.63, 3.8) is 0 Å². The fraction of sp³-hybridized carbons (Fsp3) is 1.00. The summed E-state index contributed by atoms with van der Waals surface area (Å²) in [6, 6.07) is 1.58. The molecule has 1 N–H and O–H groups in total. The van der Waals surface area contributed by atoms with Crippen molar-refractivity contribution in [3.05, 3.63) is 0 Å². The highest BCUT2D eigenvalue weighted by Crippen LogP contribution is 2.23. The summed E-state index contributed by atoms with van der Waals surface area (Å²) in [5.41, 5.74) is 0. The maximum atomic E-state index is 3.87. The van der Waals surface area contributed by atoms with Crippen molar-refractivity contribution >= 4 is 0 Å². The van der Waals surface area contributed by atoms with Crippen LogP contribution < -0.4 is 5.32 Å². The van der Waals surface area contributed by atoms with Gasteiger partial charge in [0.2, 0.25) is 0 Å². The molecule has 3 unspecified atom stereocenters. The van der Waals surface area contributed by atoms with E-state index in [-0.39, 0.29) is 0 Å². The van der Waals surface area contributed by atoms with E-state index in [0.29, 0.717) is 0 Å². The van der Waals surface area contributed by atoms with Gasteiger partial charge in [0.25, 0.3) is 0 Å². The number of hydrogen-bond acceptors (Lipinski definition) is 2. The third-order valence-electron chi connectivity index (χ3n) is 4.90. The molecule has 0 radical (unpaired) electrons. The van der Waals surface area contributed by atoms with Crippen molar-refractivity contribution in [2.24, 2.45) is 5.92 Å². The Labute approximate surface area is 107 Å². The minimum atomic E-state index is 0.785. The molecule has 100 valence electrons. The number of likely N-dealkylation sites (tertiary alicyclic amines) is 1. The van der Waals surface area contributed by atoms with Crippen LogP contribution in [0.4, 0.5) is 0 Å². The predicted octanol–water partition coefficient (Wildman–Crippen LogP) is 3.03. The van der Waals surface area contributed by atoms with E-state index in [0.717, 1.165) is 18.0 Å². The van der Waals surface area contributed by atoms with Gasteiger partial charge in [-0.2, -0.15) is 0 Å². The van der Waals surface area contributed by atoms with Crippen molar-refractivity contribution < 1.29 is 0 Å². The Hall–Kier alpha value is -0.0800. The molecule has 2 fully saturated rings. The lowest BCUT2D eigenvalue weighted by atomic mass is 9.96. The van der Waals surface area contributed by atoms with Crippen LogP contribution in [0, 0.1) is 5.92 Å². The average Bonchev–Trinajstić information content (AvgIpc) is 2.53. The maximum Gasteiger partial charge on any atom is 0.0217 e. The number of rotatable bonds is 3. The lowest BCUT2D eigenvalue weighted by Gasteiger charge is -2.34. The summed E-state index contributed by atoms with van der Waals surface area (Å²) < 4.78 is 0. The molecule has 2 nitrogen and oxygen atoms in total. The van der Waals surface area contributed by atoms with E-state index < -0.39 is 0 Å². The summed E-state index contributed by atoms with van der Waals surface area (Å²) in [4.78, 5) is 2.55. The van der Waals surface area contributed by atoms with Crippen LogP contribution >= 0.6 is 0 Å². The molecule has 1 saturated heterocycles. The first-order valence-corrected chi connectivity index (χ1v) is 7.71. The Morgan fingerprint density at radius 3 is 2.59 bits per heavy atom. The lowest BCUT2D eigenvalue weighted by Crippen LogP contribution is -2.47. The van der Waals surface area contributed by atoms with Gasteiger partial charge < -0.3 is 10.2 Å². The first kappa shape index (κ1) is 13.4. The number of nitrogens with one attached hydrogen (secondary N) is 1. The minimum Gasteiger partial charge on any atom is -0.312 e. The second-order valence-corrected chi connectivity index (χ2v) is 6.26. The summed E-state index contributed by atoms with van der Waals surface area (Å²) in [7, 11) is 2.29. The highest BCUT2D eigenvalue weighted by molar-refractivity contribution is 4.81. The molecule has 0 bridgehead atoms.